The molecular formula is C15H19FN2O3. The first-order chi connectivity index (χ1) is 10.2. The third-order valence-corrected chi connectivity index (χ3v) is 3.45. The van der Waals surface area contributed by atoms with Crippen LogP contribution in [-0.2, 0) is 20.9 Å². The van der Waals surface area contributed by atoms with Crippen LogP contribution in [0.4, 0.5) is 4.39 Å². The average Bonchev–Trinajstić information content (AvgIpc) is 2.52. The van der Waals surface area contributed by atoms with Crippen molar-refractivity contribution >= 4 is 11.8 Å². The highest BCUT2D eigenvalue weighted by atomic mass is 19.1. The molecule has 0 radical (unpaired) electrons. The van der Waals surface area contributed by atoms with Crippen LogP contribution >= 0.6 is 0 Å². The fraction of sp³-hybridized carbons (Fsp3) is 0.467. The molecule has 5 nitrogen and oxygen atoms in total. The quantitative estimate of drug-likeness (QED) is 0.851. The molecule has 1 aromatic carbocycles. The lowest BCUT2D eigenvalue weighted by Crippen LogP contribution is -2.40. The van der Waals surface area contributed by atoms with Crippen molar-refractivity contribution in [3.8, 4) is 0 Å². The van der Waals surface area contributed by atoms with Gasteiger partial charge in [-0.05, 0) is 18.9 Å². The summed E-state index contributed by atoms with van der Waals surface area (Å²) in [6.45, 7) is 1.18. The maximum Gasteiger partial charge on any atom is 0.239 e. The summed E-state index contributed by atoms with van der Waals surface area (Å²) in [5.41, 5.74) is 0.418. The molecule has 6 heteroatoms. The van der Waals surface area contributed by atoms with E-state index in [2.05, 4.69) is 10.6 Å². The van der Waals surface area contributed by atoms with Crippen LogP contribution in [-0.4, -0.2) is 31.6 Å². The lowest BCUT2D eigenvalue weighted by molar-refractivity contribution is -0.130. The highest BCUT2D eigenvalue weighted by molar-refractivity contribution is 5.85. The third-order valence-electron chi connectivity index (χ3n) is 3.45. The van der Waals surface area contributed by atoms with Gasteiger partial charge in [0.1, 0.15) is 5.82 Å². The fourth-order valence-electron chi connectivity index (χ4n) is 2.17. The molecule has 1 aromatic rings. The summed E-state index contributed by atoms with van der Waals surface area (Å²) in [6, 6.07) is 6.25. The molecule has 21 heavy (non-hydrogen) atoms. The lowest BCUT2D eigenvalue weighted by Gasteiger charge is -2.21. The summed E-state index contributed by atoms with van der Waals surface area (Å²) < 4.78 is 18.5. The van der Waals surface area contributed by atoms with Crippen molar-refractivity contribution in [1.82, 2.24) is 10.6 Å². The van der Waals surface area contributed by atoms with E-state index in [0.717, 1.165) is 0 Å². The molecule has 2 N–H and O–H groups in total. The minimum atomic E-state index is -0.357. The summed E-state index contributed by atoms with van der Waals surface area (Å²) in [6.07, 6.45) is 1.37. The SMILES string of the molecule is O=C(CNC(=O)C1CCOCC1)NCc1ccccc1F. The summed E-state index contributed by atoms with van der Waals surface area (Å²) in [7, 11) is 0. The summed E-state index contributed by atoms with van der Waals surface area (Å²) in [5.74, 6) is -0.903. The van der Waals surface area contributed by atoms with Gasteiger partial charge in [0.15, 0.2) is 0 Å². The van der Waals surface area contributed by atoms with Crippen LogP contribution in [0.15, 0.2) is 24.3 Å². The number of hydrogen-bond acceptors (Lipinski definition) is 3. The Morgan fingerprint density at radius 1 is 1.19 bits per heavy atom. The van der Waals surface area contributed by atoms with E-state index in [1.807, 2.05) is 0 Å². The molecule has 1 fully saturated rings. The molecule has 0 saturated carbocycles. The van der Waals surface area contributed by atoms with E-state index in [0.29, 0.717) is 31.6 Å². The number of carbonyl (C=O) groups excluding carboxylic acids is 2. The van der Waals surface area contributed by atoms with Crippen LogP contribution < -0.4 is 10.6 Å². The van der Waals surface area contributed by atoms with Gasteiger partial charge in [0.2, 0.25) is 11.8 Å². The Hall–Kier alpha value is -1.95. The summed E-state index contributed by atoms with van der Waals surface area (Å²) in [5, 5.41) is 5.18. The van der Waals surface area contributed by atoms with Crippen molar-refractivity contribution in [3.05, 3.63) is 35.6 Å². The molecule has 1 aliphatic rings. The van der Waals surface area contributed by atoms with Crippen LogP contribution in [0.2, 0.25) is 0 Å². The summed E-state index contributed by atoms with van der Waals surface area (Å²) in [4.78, 5) is 23.5. The Morgan fingerprint density at radius 3 is 2.62 bits per heavy atom. The molecule has 1 aliphatic heterocycles. The Balaban J connectivity index is 1.70. The monoisotopic (exact) mass is 294 g/mol. The number of nitrogens with one attached hydrogen (secondary N) is 2. The van der Waals surface area contributed by atoms with Gasteiger partial charge in [0, 0.05) is 31.2 Å². The smallest absolute Gasteiger partial charge is 0.239 e. The number of benzene rings is 1. The topological polar surface area (TPSA) is 67.4 Å². The predicted molar refractivity (Wildman–Crippen MR) is 74.8 cm³/mol. The Kier molecular flexibility index (Phi) is 5.68. The summed E-state index contributed by atoms with van der Waals surface area (Å²) >= 11 is 0. The number of rotatable bonds is 5. The number of halogens is 1. The van der Waals surface area contributed by atoms with E-state index >= 15 is 0 Å². The number of hydrogen-bond donors (Lipinski definition) is 2. The zero-order chi connectivity index (χ0) is 15.1. The van der Waals surface area contributed by atoms with Gasteiger partial charge in [-0.3, -0.25) is 9.59 Å². The minimum absolute atomic E-state index is 0.0851. The fourth-order valence-corrected chi connectivity index (χ4v) is 2.17. The standard InChI is InChI=1S/C15H19FN2O3/c16-13-4-2-1-3-12(13)9-17-14(19)10-18-15(20)11-5-7-21-8-6-11/h1-4,11H,5-10H2,(H,17,19)(H,18,20). The minimum Gasteiger partial charge on any atom is -0.381 e. The van der Waals surface area contributed by atoms with Crippen LogP contribution in [0.1, 0.15) is 18.4 Å². The van der Waals surface area contributed by atoms with Gasteiger partial charge in [0.25, 0.3) is 0 Å². The Labute approximate surface area is 122 Å². The van der Waals surface area contributed by atoms with E-state index in [1.165, 1.54) is 6.07 Å². The first kappa shape index (κ1) is 15.4. The average molecular weight is 294 g/mol. The second-order valence-corrected chi connectivity index (χ2v) is 4.97. The second kappa shape index (κ2) is 7.73. The molecule has 0 aromatic heterocycles. The molecule has 0 atom stereocenters. The Morgan fingerprint density at radius 2 is 1.90 bits per heavy atom. The normalized spacial score (nSPS) is 15.5. The number of carbonyl (C=O) groups is 2. The molecule has 0 unspecified atom stereocenters. The predicted octanol–water partition coefficient (Wildman–Crippen LogP) is 0.985. The van der Waals surface area contributed by atoms with Gasteiger partial charge in [-0.1, -0.05) is 18.2 Å². The highest BCUT2D eigenvalue weighted by Crippen LogP contribution is 2.14. The van der Waals surface area contributed by atoms with Gasteiger partial charge in [-0.2, -0.15) is 0 Å². The molecule has 114 valence electrons. The van der Waals surface area contributed by atoms with Crippen LogP contribution in [0.5, 0.6) is 0 Å². The molecule has 2 rings (SSSR count). The van der Waals surface area contributed by atoms with Crippen molar-refractivity contribution in [3.63, 3.8) is 0 Å². The van der Waals surface area contributed by atoms with Gasteiger partial charge in [0.05, 0.1) is 6.54 Å². The maximum absolute atomic E-state index is 13.4. The molecular weight excluding hydrogens is 275 g/mol. The Bertz CT molecular complexity index is 501. The van der Waals surface area contributed by atoms with Crippen molar-refractivity contribution in [2.75, 3.05) is 19.8 Å². The zero-order valence-electron chi connectivity index (χ0n) is 11.7. The lowest BCUT2D eigenvalue weighted by atomic mass is 9.99. The molecule has 1 saturated heterocycles. The third kappa shape index (κ3) is 4.82. The number of ether oxygens (including phenoxy) is 1. The number of amides is 2. The van der Waals surface area contributed by atoms with Crippen molar-refractivity contribution in [2.24, 2.45) is 5.92 Å². The van der Waals surface area contributed by atoms with Crippen molar-refractivity contribution in [2.45, 2.75) is 19.4 Å². The van der Waals surface area contributed by atoms with Gasteiger partial charge in [-0.15, -0.1) is 0 Å². The molecule has 2 amide bonds. The second-order valence-electron chi connectivity index (χ2n) is 4.97. The van der Waals surface area contributed by atoms with Crippen molar-refractivity contribution < 1.29 is 18.7 Å². The van der Waals surface area contributed by atoms with Crippen LogP contribution in [0.3, 0.4) is 0 Å². The van der Waals surface area contributed by atoms with E-state index in [9.17, 15) is 14.0 Å². The molecule has 0 aliphatic carbocycles. The molecule has 0 bridgehead atoms. The maximum atomic E-state index is 13.4. The van der Waals surface area contributed by atoms with Crippen LogP contribution in [0.25, 0.3) is 0 Å². The van der Waals surface area contributed by atoms with E-state index in [4.69, 9.17) is 4.74 Å². The van der Waals surface area contributed by atoms with E-state index < -0.39 is 0 Å². The van der Waals surface area contributed by atoms with E-state index in [1.54, 1.807) is 18.2 Å². The van der Waals surface area contributed by atoms with Gasteiger partial charge < -0.3 is 15.4 Å². The molecule has 1 heterocycles. The van der Waals surface area contributed by atoms with Gasteiger partial charge in [-0.25, -0.2) is 4.39 Å². The highest BCUT2D eigenvalue weighted by Gasteiger charge is 2.21. The first-order valence-electron chi connectivity index (χ1n) is 7.02. The van der Waals surface area contributed by atoms with Crippen LogP contribution in [0, 0.1) is 11.7 Å². The first-order valence-corrected chi connectivity index (χ1v) is 7.02. The largest absolute Gasteiger partial charge is 0.381 e. The van der Waals surface area contributed by atoms with E-state index in [-0.39, 0.29) is 36.6 Å². The van der Waals surface area contributed by atoms with Gasteiger partial charge >= 0.3 is 0 Å². The van der Waals surface area contributed by atoms with Crippen molar-refractivity contribution in [1.29, 1.82) is 0 Å². The zero-order valence-corrected chi connectivity index (χ0v) is 11.7. The molecule has 0 spiro atoms.